The summed E-state index contributed by atoms with van der Waals surface area (Å²) in [7, 11) is 1.86. The van der Waals surface area contributed by atoms with Gasteiger partial charge < -0.3 is 5.11 Å². The molecule has 0 aliphatic carbocycles. The highest BCUT2D eigenvalue weighted by atomic mass is 16.3. The van der Waals surface area contributed by atoms with Gasteiger partial charge in [0.25, 0.3) is 0 Å². The Morgan fingerprint density at radius 3 is 2.75 bits per heavy atom. The largest absolute Gasteiger partial charge is 0.388 e. The molecule has 1 atom stereocenters. The van der Waals surface area contributed by atoms with Crippen molar-refractivity contribution in [3.63, 3.8) is 0 Å². The number of aliphatic hydroxyl groups excluding tert-OH is 1. The predicted octanol–water partition coefficient (Wildman–Crippen LogP) is 2.55. The topological polar surface area (TPSA) is 50.9 Å². The Bertz CT molecular complexity index is 748. The third kappa shape index (κ3) is 2.42. The lowest BCUT2D eigenvalue weighted by Gasteiger charge is -2.09. The monoisotopic (exact) mass is 267 g/mol. The molecular formula is C16H17N3O. The van der Waals surface area contributed by atoms with Crippen LogP contribution in [-0.2, 0) is 13.5 Å². The molecule has 1 unspecified atom stereocenters. The van der Waals surface area contributed by atoms with Crippen molar-refractivity contribution in [2.45, 2.75) is 19.4 Å². The first kappa shape index (κ1) is 12.8. The molecule has 0 fully saturated rings. The van der Waals surface area contributed by atoms with Crippen molar-refractivity contribution >= 4 is 10.9 Å². The van der Waals surface area contributed by atoms with Gasteiger partial charge in [-0.15, -0.1) is 0 Å². The van der Waals surface area contributed by atoms with E-state index in [1.165, 1.54) is 0 Å². The van der Waals surface area contributed by atoms with Gasteiger partial charge in [0.15, 0.2) is 0 Å². The smallest absolute Gasteiger partial charge is 0.0878 e. The minimum Gasteiger partial charge on any atom is -0.388 e. The van der Waals surface area contributed by atoms with Crippen molar-refractivity contribution in [1.82, 2.24) is 14.8 Å². The van der Waals surface area contributed by atoms with E-state index in [-0.39, 0.29) is 0 Å². The third-order valence-corrected chi connectivity index (χ3v) is 3.47. The lowest BCUT2D eigenvalue weighted by atomic mass is 10.0. The standard InChI is InChI=1S/C16H17N3O/c1-11-14(10-19(2)18-11)16(20)9-13-8-7-12-5-3-4-6-15(12)17-13/h3-8,10,16,20H,9H2,1-2H3. The van der Waals surface area contributed by atoms with Crippen LogP contribution in [0, 0.1) is 6.92 Å². The van der Waals surface area contributed by atoms with E-state index < -0.39 is 6.10 Å². The molecule has 1 aromatic carbocycles. The van der Waals surface area contributed by atoms with Crippen molar-refractivity contribution in [1.29, 1.82) is 0 Å². The van der Waals surface area contributed by atoms with Gasteiger partial charge >= 0.3 is 0 Å². The lowest BCUT2D eigenvalue weighted by Crippen LogP contribution is -2.04. The first-order chi connectivity index (χ1) is 9.63. The summed E-state index contributed by atoms with van der Waals surface area (Å²) in [5, 5.41) is 15.7. The van der Waals surface area contributed by atoms with Crippen molar-refractivity contribution in [2.75, 3.05) is 0 Å². The summed E-state index contributed by atoms with van der Waals surface area (Å²) in [4.78, 5) is 4.59. The van der Waals surface area contributed by atoms with E-state index in [9.17, 15) is 5.11 Å². The molecule has 2 aromatic heterocycles. The molecule has 0 aliphatic rings. The van der Waals surface area contributed by atoms with Gasteiger partial charge in [-0.25, -0.2) is 0 Å². The van der Waals surface area contributed by atoms with E-state index in [0.29, 0.717) is 6.42 Å². The van der Waals surface area contributed by atoms with Crippen LogP contribution in [-0.4, -0.2) is 19.9 Å². The van der Waals surface area contributed by atoms with Gasteiger partial charge in [-0.05, 0) is 19.1 Å². The Balaban J connectivity index is 1.87. The molecule has 0 bridgehead atoms. The van der Waals surface area contributed by atoms with Crippen LogP contribution in [0.15, 0.2) is 42.6 Å². The zero-order valence-electron chi connectivity index (χ0n) is 11.6. The Morgan fingerprint density at radius 2 is 2.00 bits per heavy atom. The van der Waals surface area contributed by atoms with E-state index in [1.54, 1.807) is 4.68 Å². The van der Waals surface area contributed by atoms with E-state index in [1.807, 2.05) is 56.6 Å². The van der Waals surface area contributed by atoms with Gasteiger partial charge in [-0.1, -0.05) is 24.3 Å². The second-order valence-electron chi connectivity index (χ2n) is 5.06. The predicted molar refractivity (Wildman–Crippen MR) is 78.4 cm³/mol. The highest BCUT2D eigenvalue weighted by Crippen LogP contribution is 2.21. The summed E-state index contributed by atoms with van der Waals surface area (Å²) in [6.45, 7) is 1.91. The molecule has 4 nitrogen and oxygen atoms in total. The SMILES string of the molecule is Cc1nn(C)cc1C(O)Cc1ccc2ccccc2n1. The molecule has 0 amide bonds. The number of pyridine rings is 1. The summed E-state index contributed by atoms with van der Waals surface area (Å²) in [6.07, 6.45) is 1.79. The maximum absolute atomic E-state index is 10.3. The summed E-state index contributed by atoms with van der Waals surface area (Å²) in [6, 6.07) is 12.0. The van der Waals surface area contributed by atoms with E-state index in [0.717, 1.165) is 27.9 Å². The summed E-state index contributed by atoms with van der Waals surface area (Å²) in [5.41, 5.74) is 3.57. The van der Waals surface area contributed by atoms with Crippen LogP contribution < -0.4 is 0 Å². The van der Waals surface area contributed by atoms with Gasteiger partial charge in [0.05, 0.1) is 17.3 Å². The number of para-hydroxylation sites is 1. The molecular weight excluding hydrogens is 250 g/mol. The minimum absolute atomic E-state index is 0.497. The summed E-state index contributed by atoms with van der Waals surface area (Å²) in [5.74, 6) is 0. The summed E-state index contributed by atoms with van der Waals surface area (Å²) < 4.78 is 1.72. The van der Waals surface area contributed by atoms with Gasteiger partial charge in [0.2, 0.25) is 0 Å². The molecule has 4 heteroatoms. The molecule has 0 saturated carbocycles. The Hall–Kier alpha value is -2.20. The van der Waals surface area contributed by atoms with Crippen LogP contribution in [0.25, 0.3) is 10.9 Å². The highest BCUT2D eigenvalue weighted by Gasteiger charge is 2.15. The number of benzene rings is 1. The Morgan fingerprint density at radius 1 is 1.20 bits per heavy atom. The molecule has 1 N–H and O–H groups in total. The molecule has 20 heavy (non-hydrogen) atoms. The molecule has 0 aliphatic heterocycles. The normalized spacial score (nSPS) is 12.8. The third-order valence-electron chi connectivity index (χ3n) is 3.47. The molecule has 0 radical (unpaired) electrons. The minimum atomic E-state index is -0.572. The average Bonchev–Trinajstić information content (AvgIpc) is 2.78. The zero-order valence-corrected chi connectivity index (χ0v) is 11.6. The van der Waals surface area contributed by atoms with Gasteiger partial charge in [0, 0.05) is 36.3 Å². The number of hydrogen-bond acceptors (Lipinski definition) is 3. The van der Waals surface area contributed by atoms with Crippen LogP contribution in [0.5, 0.6) is 0 Å². The molecule has 0 saturated heterocycles. The van der Waals surface area contributed by atoms with E-state index >= 15 is 0 Å². The molecule has 2 heterocycles. The number of nitrogens with zero attached hydrogens (tertiary/aromatic N) is 3. The van der Waals surface area contributed by atoms with Crippen LogP contribution in [0.1, 0.15) is 23.1 Å². The average molecular weight is 267 g/mol. The highest BCUT2D eigenvalue weighted by molar-refractivity contribution is 5.78. The first-order valence-electron chi connectivity index (χ1n) is 6.66. The number of aliphatic hydroxyl groups is 1. The van der Waals surface area contributed by atoms with E-state index in [2.05, 4.69) is 10.1 Å². The Labute approximate surface area is 117 Å². The number of aryl methyl sites for hydroxylation is 2. The fourth-order valence-electron chi connectivity index (χ4n) is 2.48. The van der Waals surface area contributed by atoms with E-state index in [4.69, 9.17) is 0 Å². The molecule has 102 valence electrons. The molecule has 3 rings (SSSR count). The van der Waals surface area contributed by atoms with Gasteiger partial charge in [-0.3, -0.25) is 9.67 Å². The van der Waals surface area contributed by atoms with Crippen LogP contribution in [0.2, 0.25) is 0 Å². The maximum Gasteiger partial charge on any atom is 0.0878 e. The fraction of sp³-hybridized carbons (Fsp3) is 0.250. The van der Waals surface area contributed by atoms with Gasteiger partial charge in [-0.2, -0.15) is 5.10 Å². The van der Waals surface area contributed by atoms with Crippen LogP contribution in [0.4, 0.5) is 0 Å². The number of rotatable bonds is 3. The summed E-state index contributed by atoms with van der Waals surface area (Å²) >= 11 is 0. The van der Waals surface area contributed by atoms with Crippen molar-refractivity contribution in [3.05, 3.63) is 59.5 Å². The Kier molecular flexibility index (Phi) is 3.24. The van der Waals surface area contributed by atoms with Crippen molar-refractivity contribution in [3.8, 4) is 0 Å². The second kappa shape index (κ2) is 5.06. The van der Waals surface area contributed by atoms with Crippen LogP contribution in [0.3, 0.4) is 0 Å². The fourth-order valence-corrected chi connectivity index (χ4v) is 2.48. The number of aromatic nitrogens is 3. The zero-order chi connectivity index (χ0) is 14.1. The first-order valence-corrected chi connectivity index (χ1v) is 6.66. The molecule has 0 spiro atoms. The number of fused-ring (bicyclic) bond motifs is 1. The van der Waals surface area contributed by atoms with Crippen molar-refractivity contribution < 1.29 is 5.11 Å². The quantitative estimate of drug-likeness (QED) is 0.793. The number of hydrogen-bond donors (Lipinski definition) is 1. The van der Waals surface area contributed by atoms with Gasteiger partial charge in [0.1, 0.15) is 0 Å². The van der Waals surface area contributed by atoms with Crippen LogP contribution >= 0.6 is 0 Å². The molecule has 3 aromatic rings. The maximum atomic E-state index is 10.3. The van der Waals surface area contributed by atoms with Crippen molar-refractivity contribution in [2.24, 2.45) is 7.05 Å². The lowest BCUT2D eigenvalue weighted by molar-refractivity contribution is 0.176. The second-order valence-corrected chi connectivity index (χ2v) is 5.06.